The first-order chi connectivity index (χ1) is 7.86. The van der Waals surface area contributed by atoms with E-state index in [1.165, 1.54) is 14.0 Å². The molecule has 94 valence electrons. The van der Waals surface area contributed by atoms with Gasteiger partial charge in [0, 0.05) is 4.47 Å². The van der Waals surface area contributed by atoms with Gasteiger partial charge >= 0.3 is 5.97 Å². The van der Waals surface area contributed by atoms with Crippen molar-refractivity contribution in [2.24, 2.45) is 0 Å². The number of ether oxygens (including phenoxy) is 1. The van der Waals surface area contributed by atoms with Gasteiger partial charge in [-0.3, -0.25) is 0 Å². The maximum atomic E-state index is 10.7. The summed E-state index contributed by atoms with van der Waals surface area (Å²) in [5.74, 6) is -0.701. The zero-order chi connectivity index (χ0) is 13.1. The van der Waals surface area contributed by atoms with Crippen LogP contribution in [0.4, 0.5) is 5.69 Å². The van der Waals surface area contributed by atoms with Crippen molar-refractivity contribution in [3.63, 3.8) is 0 Å². The lowest BCUT2D eigenvalue weighted by molar-refractivity contribution is -0.155. The van der Waals surface area contributed by atoms with Crippen molar-refractivity contribution in [1.29, 1.82) is 0 Å². The number of nitrogens with one attached hydrogen (secondary N) is 1. The Hall–Kier alpha value is -1.27. The lowest BCUT2D eigenvalue weighted by Gasteiger charge is -2.20. The third-order valence-electron chi connectivity index (χ3n) is 2.25. The molecule has 5 nitrogen and oxygen atoms in total. The van der Waals surface area contributed by atoms with Crippen LogP contribution in [0.15, 0.2) is 22.7 Å². The van der Waals surface area contributed by atoms with Crippen LogP contribution in [0, 0.1) is 0 Å². The van der Waals surface area contributed by atoms with Gasteiger partial charge in [0.25, 0.3) is 0 Å². The molecule has 3 N–H and O–H groups in total. The van der Waals surface area contributed by atoms with Gasteiger partial charge in [0.1, 0.15) is 5.75 Å². The zero-order valence-electron chi connectivity index (χ0n) is 9.53. The highest BCUT2D eigenvalue weighted by Crippen LogP contribution is 2.28. The van der Waals surface area contributed by atoms with E-state index in [1.54, 1.807) is 18.2 Å². The van der Waals surface area contributed by atoms with Crippen molar-refractivity contribution in [1.82, 2.24) is 0 Å². The molecule has 1 aromatic carbocycles. The van der Waals surface area contributed by atoms with Gasteiger partial charge in [0.15, 0.2) is 5.60 Å². The number of methoxy groups -OCH3 is 1. The van der Waals surface area contributed by atoms with E-state index >= 15 is 0 Å². The number of halogens is 1. The standard InChI is InChI=1S/C11H14BrNO4/c1-11(16,10(14)15)6-13-8-5-7(12)3-4-9(8)17-2/h3-5,13,16H,6H2,1-2H3,(H,14,15). The van der Waals surface area contributed by atoms with E-state index in [4.69, 9.17) is 9.84 Å². The summed E-state index contributed by atoms with van der Waals surface area (Å²) in [6.07, 6.45) is 0. The lowest BCUT2D eigenvalue weighted by atomic mass is 10.1. The van der Waals surface area contributed by atoms with Gasteiger partial charge in [-0.15, -0.1) is 0 Å². The number of aliphatic hydroxyl groups is 1. The number of benzene rings is 1. The van der Waals surface area contributed by atoms with E-state index in [1.807, 2.05) is 0 Å². The summed E-state index contributed by atoms with van der Waals surface area (Å²) in [4.78, 5) is 10.7. The van der Waals surface area contributed by atoms with Gasteiger partial charge in [-0.05, 0) is 25.1 Å². The van der Waals surface area contributed by atoms with Crippen LogP contribution in [0.3, 0.4) is 0 Å². The number of carboxylic acid groups (broad SMARTS) is 1. The number of carbonyl (C=O) groups is 1. The molecule has 0 saturated carbocycles. The minimum atomic E-state index is -1.83. The molecule has 0 bridgehead atoms. The molecule has 0 saturated heterocycles. The normalized spacial score (nSPS) is 13.9. The minimum Gasteiger partial charge on any atom is -0.495 e. The van der Waals surface area contributed by atoms with Crippen molar-refractivity contribution in [3.8, 4) is 5.75 Å². The number of aliphatic carboxylic acids is 1. The van der Waals surface area contributed by atoms with Crippen LogP contribution in [0.1, 0.15) is 6.92 Å². The van der Waals surface area contributed by atoms with Crippen LogP contribution >= 0.6 is 15.9 Å². The molecule has 0 aliphatic rings. The van der Waals surface area contributed by atoms with E-state index in [-0.39, 0.29) is 6.54 Å². The summed E-state index contributed by atoms with van der Waals surface area (Å²) in [6.45, 7) is 1.11. The Morgan fingerprint density at radius 3 is 2.76 bits per heavy atom. The van der Waals surface area contributed by atoms with Crippen LogP contribution in [-0.4, -0.2) is 35.4 Å². The van der Waals surface area contributed by atoms with Crippen LogP contribution in [0.5, 0.6) is 5.75 Å². The van der Waals surface area contributed by atoms with Crippen molar-refractivity contribution in [2.75, 3.05) is 19.0 Å². The fourth-order valence-electron chi connectivity index (χ4n) is 1.16. The molecule has 0 fully saturated rings. The van der Waals surface area contributed by atoms with E-state index in [2.05, 4.69) is 21.2 Å². The summed E-state index contributed by atoms with van der Waals surface area (Å²) in [7, 11) is 1.52. The largest absolute Gasteiger partial charge is 0.495 e. The van der Waals surface area contributed by atoms with Crippen molar-refractivity contribution < 1.29 is 19.7 Å². The molecule has 0 spiro atoms. The maximum Gasteiger partial charge on any atom is 0.337 e. The second kappa shape index (κ2) is 5.37. The van der Waals surface area contributed by atoms with Gasteiger partial charge in [-0.1, -0.05) is 15.9 Å². The second-order valence-electron chi connectivity index (χ2n) is 3.78. The van der Waals surface area contributed by atoms with Crippen LogP contribution in [0.25, 0.3) is 0 Å². The smallest absolute Gasteiger partial charge is 0.337 e. The predicted octanol–water partition coefficient (Wildman–Crippen LogP) is 1.71. The summed E-state index contributed by atoms with van der Waals surface area (Å²) in [5.41, 5.74) is -1.21. The fourth-order valence-corrected chi connectivity index (χ4v) is 1.52. The SMILES string of the molecule is COc1ccc(Br)cc1NCC(C)(O)C(=O)O. The van der Waals surface area contributed by atoms with Crippen LogP contribution in [0.2, 0.25) is 0 Å². The van der Waals surface area contributed by atoms with Crippen molar-refractivity contribution >= 4 is 27.6 Å². The van der Waals surface area contributed by atoms with Crippen LogP contribution < -0.4 is 10.1 Å². The first kappa shape index (κ1) is 13.8. The Balaban J connectivity index is 2.81. The summed E-state index contributed by atoms with van der Waals surface area (Å²) in [5, 5.41) is 21.2. The topological polar surface area (TPSA) is 78.8 Å². The number of hydrogen-bond donors (Lipinski definition) is 3. The summed E-state index contributed by atoms with van der Waals surface area (Å²) in [6, 6.07) is 5.29. The Labute approximate surface area is 108 Å². The molecule has 17 heavy (non-hydrogen) atoms. The first-order valence-corrected chi connectivity index (χ1v) is 5.69. The summed E-state index contributed by atoms with van der Waals surface area (Å²) < 4.78 is 5.94. The molecular weight excluding hydrogens is 290 g/mol. The Bertz CT molecular complexity index is 420. The third kappa shape index (κ3) is 3.61. The van der Waals surface area contributed by atoms with Gasteiger partial charge in [0.2, 0.25) is 0 Å². The summed E-state index contributed by atoms with van der Waals surface area (Å²) >= 11 is 3.30. The quantitative estimate of drug-likeness (QED) is 0.772. The molecule has 1 unspecified atom stereocenters. The second-order valence-corrected chi connectivity index (χ2v) is 4.69. The molecule has 6 heteroatoms. The third-order valence-corrected chi connectivity index (χ3v) is 2.74. The number of anilines is 1. The molecule has 1 aromatic rings. The molecular formula is C11H14BrNO4. The molecule has 0 heterocycles. The monoisotopic (exact) mass is 303 g/mol. The Kier molecular flexibility index (Phi) is 4.36. The Morgan fingerprint density at radius 1 is 1.59 bits per heavy atom. The van der Waals surface area contributed by atoms with E-state index in [0.29, 0.717) is 11.4 Å². The molecule has 0 amide bonds. The van der Waals surface area contributed by atoms with Gasteiger partial charge in [0.05, 0.1) is 19.3 Å². The van der Waals surface area contributed by atoms with E-state index in [0.717, 1.165) is 4.47 Å². The highest BCUT2D eigenvalue weighted by atomic mass is 79.9. The van der Waals surface area contributed by atoms with Crippen LogP contribution in [-0.2, 0) is 4.79 Å². The molecule has 0 aliphatic heterocycles. The van der Waals surface area contributed by atoms with Gasteiger partial charge in [-0.2, -0.15) is 0 Å². The lowest BCUT2D eigenvalue weighted by Crippen LogP contribution is -2.41. The maximum absolute atomic E-state index is 10.7. The number of carboxylic acids is 1. The first-order valence-electron chi connectivity index (χ1n) is 4.90. The molecule has 1 atom stereocenters. The molecule has 0 aromatic heterocycles. The predicted molar refractivity (Wildman–Crippen MR) is 67.4 cm³/mol. The average Bonchev–Trinajstić information content (AvgIpc) is 2.26. The average molecular weight is 304 g/mol. The molecule has 0 radical (unpaired) electrons. The van der Waals surface area contributed by atoms with E-state index in [9.17, 15) is 9.90 Å². The molecule has 1 rings (SSSR count). The van der Waals surface area contributed by atoms with Gasteiger partial charge < -0.3 is 20.3 Å². The number of rotatable bonds is 5. The highest BCUT2D eigenvalue weighted by molar-refractivity contribution is 9.10. The Morgan fingerprint density at radius 2 is 2.24 bits per heavy atom. The zero-order valence-corrected chi connectivity index (χ0v) is 11.1. The van der Waals surface area contributed by atoms with E-state index < -0.39 is 11.6 Å². The van der Waals surface area contributed by atoms with Crippen molar-refractivity contribution in [3.05, 3.63) is 22.7 Å². The molecule has 0 aliphatic carbocycles. The minimum absolute atomic E-state index is 0.116. The highest BCUT2D eigenvalue weighted by Gasteiger charge is 2.29. The van der Waals surface area contributed by atoms with Gasteiger partial charge in [-0.25, -0.2) is 4.79 Å². The van der Waals surface area contributed by atoms with Crippen molar-refractivity contribution in [2.45, 2.75) is 12.5 Å². The fraction of sp³-hybridized carbons (Fsp3) is 0.364. The number of hydrogen-bond acceptors (Lipinski definition) is 4.